The molecule has 1 aromatic heterocycles. The van der Waals surface area contributed by atoms with Crippen LogP contribution in [-0.4, -0.2) is 32.2 Å². The fourth-order valence-corrected chi connectivity index (χ4v) is 4.21. The van der Waals surface area contributed by atoms with Crippen LogP contribution in [0.5, 0.6) is 11.5 Å². The van der Waals surface area contributed by atoms with E-state index in [1.54, 1.807) is 36.0 Å². The molecular weight excluding hydrogens is 435 g/mol. The van der Waals surface area contributed by atoms with Gasteiger partial charge in [0.25, 0.3) is 0 Å². The molecule has 0 aliphatic rings. The molecule has 0 radical (unpaired) electrons. The molecule has 0 spiro atoms. The topological polar surface area (TPSA) is 82.4 Å². The van der Waals surface area contributed by atoms with Crippen LogP contribution >= 0.6 is 0 Å². The Hall–Kier alpha value is -3.05. The minimum Gasteiger partial charge on any atom is -0.497 e. The van der Waals surface area contributed by atoms with Crippen LogP contribution in [0.25, 0.3) is 0 Å². The summed E-state index contributed by atoms with van der Waals surface area (Å²) in [4.78, 5) is 3.70. The Labute approximate surface area is 177 Å². The minimum atomic E-state index is -4.68. The zero-order valence-electron chi connectivity index (χ0n) is 16.8. The monoisotopic (exact) mass is 455 g/mol. The summed E-state index contributed by atoms with van der Waals surface area (Å²) in [5.41, 5.74) is -0.631. The standard InChI is InChI=1S/C20H20F3N3O4S/c1-26-8-7-24-19(26)18(13-9-15(29-2)12-16(10-13)30-3)25-31(27,28)17-6-4-5-14(11-17)20(21,22)23/h4-12,18,25H,1-3H3/t18-/m0/s1. The Kier molecular flexibility index (Phi) is 6.27. The van der Waals surface area contributed by atoms with Gasteiger partial charge >= 0.3 is 6.18 Å². The number of nitrogens with zero attached hydrogens (tertiary/aromatic N) is 2. The van der Waals surface area contributed by atoms with Crippen molar-refractivity contribution in [3.63, 3.8) is 0 Å². The number of aromatic nitrogens is 2. The van der Waals surface area contributed by atoms with E-state index in [0.717, 1.165) is 18.2 Å². The van der Waals surface area contributed by atoms with Crippen molar-refractivity contribution in [3.8, 4) is 11.5 Å². The Morgan fingerprint density at radius 3 is 2.23 bits per heavy atom. The molecule has 1 N–H and O–H groups in total. The van der Waals surface area contributed by atoms with Crippen LogP contribution in [0.1, 0.15) is 23.0 Å². The fourth-order valence-electron chi connectivity index (χ4n) is 2.98. The van der Waals surface area contributed by atoms with Gasteiger partial charge < -0.3 is 14.0 Å². The van der Waals surface area contributed by atoms with Crippen LogP contribution < -0.4 is 14.2 Å². The van der Waals surface area contributed by atoms with Crippen molar-refractivity contribution in [2.24, 2.45) is 7.05 Å². The molecule has 1 heterocycles. The van der Waals surface area contributed by atoms with Crippen molar-refractivity contribution in [2.45, 2.75) is 17.1 Å². The number of rotatable bonds is 7. The summed E-state index contributed by atoms with van der Waals surface area (Å²) in [5, 5.41) is 0. The van der Waals surface area contributed by atoms with Crippen LogP contribution in [0.2, 0.25) is 0 Å². The first kappa shape index (κ1) is 22.6. The van der Waals surface area contributed by atoms with Gasteiger partial charge in [-0.2, -0.15) is 17.9 Å². The summed E-state index contributed by atoms with van der Waals surface area (Å²) in [6.45, 7) is 0. The Morgan fingerprint density at radius 1 is 1.06 bits per heavy atom. The van der Waals surface area contributed by atoms with E-state index < -0.39 is 32.7 Å². The SMILES string of the molecule is COc1cc(OC)cc([C@H](NS(=O)(=O)c2cccc(C(F)(F)F)c2)c2nccn2C)c1. The summed E-state index contributed by atoms with van der Waals surface area (Å²) in [7, 11) is 0.206. The van der Waals surface area contributed by atoms with E-state index in [-0.39, 0.29) is 0 Å². The summed E-state index contributed by atoms with van der Waals surface area (Å²) in [6, 6.07) is 7.31. The largest absolute Gasteiger partial charge is 0.497 e. The Morgan fingerprint density at radius 2 is 1.71 bits per heavy atom. The van der Waals surface area contributed by atoms with Crippen LogP contribution in [-0.2, 0) is 23.2 Å². The molecule has 7 nitrogen and oxygen atoms in total. The van der Waals surface area contributed by atoms with Crippen molar-refractivity contribution in [3.05, 3.63) is 71.8 Å². The minimum absolute atomic E-state index is 0.325. The molecule has 0 aliphatic carbocycles. The van der Waals surface area contributed by atoms with Gasteiger partial charge in [-0.25, -0.2) is 13.4 Å². The number of aryl methyl sites for hydroxylation is 1. The van der Waals surface area contributed by atoms with Gasteiger partial charge in [0.15, 0.2) is 0 Å². The maximum absolute atomic E-state index is 13.1. The second-order valence-corrected chi connectivity index (χ2v) is 8.34. The summed E-state index contributed by atoms with van der Waals surface area (Å²) >= 11 is 0. The van der Waals surface area contributed by atoms with Gasteiger partial charge in [0.2, 0.25) is 10.0 Å². The highest BCUT2D eigenvalue weighted by atomic mass is 32.2. The van der Waals surface area contributed by atoms with E-state index in [1.165, 1.54) is 20.4 Å². The van der Waals surface area contributed by atoms with E-state index in [2.05, 4.69) is 9.71 Å². The van der Waals surface area contributed by atoms with Crippen LogP contribution in [0.4, 0.5) is 13.2 Å². The number of sulfonamides is 1. The zero-order chi connectivity index (χ0) is 22.8. The zero-order valence-corrected chi connectivity index (χ0v) is 17.7. The van der Waals surface area contributed by atoms with Crippen molar-refractivity contribution in [1.82, 2.24) is 14.3 Å². The number of hydrogen-bond acceptors (Lipinski definition) is 5. The third-order valence-electron chi connectivity index (χ3n) is 4.57. The van der Waals surface area contributed by atoms with E-state index >= 15 is 0 Å². The number of methoxy groups -OCH3 is 2. The third kappa shape index (κ3) is 5.00. The first-order valence-corrected chi connectivity index (χ1v) is 10.4. The molecule has 166 valence electrons. The van der Waals surface area contributed by atoms with Crippen LogP contribution in [0.15, 0.2) is 59.8 Å². The molecule has 0 fully saturated rings. The predicted molar refractivity (Wildman–Crippen MR) is 106 cm³/mol. The van der Waals surface area contributed by atoms with E-state index in [1.807, 2.05) is 0 Å². The molecule has 0 unspecified atom stereocenters. The lowest BCUT2D eigenvalue weighted by atomic mass is 10.1. The van der Waals surface area contributed by atoms with E-state index in [9.17, 15) is 21.6 Å². The second kappa shape index (κ2) is 8.60. The highest BCUT2D eigenvalue weighted by molar-refractivity contribution is 7.89. The second-order valence-electron chi connectivity index (χ2n) is 6.62. The number of benzene rings is 2. The average Bonchev–Trinajstić information content (AvgIpc) is 3.16. The van der Waals surface area contributed by atoms with Crippen molar-refractivity contribution in [2.75, 3.05) is 14.2 Å². The molecule has 0 bridgehead atoms. The van der Waals surface area contributed by atoms with Gasteiger partial charge in [-0.15, -0.1) is 0 Å². The number of nitrogens with one attached hydrogen (secondary N) is 1. The highest BCUT2D eigenvalue weighted by Gasteiger charge is 2.33. The highest BCUT2D eigenvalue weighted by Crippen LogP contribution is 2.33. The van der Waals surface area contributed by atoms with Gasteiger partial charge in [-0.3, -0.25) is 0 Å². The van der Waals surface area contributed by atoms with Crippen molar-refractivity contribution in [1.29, 1.82) is 0 Å². The van der Waals surface area contributed by atoms with Gasteiger partial charge in [0.1, 0.15) is 23.4 Å². The molecule has 11 heteroatoms. The molecule has 3 aromatic rings. The summed E-state index contributed by atoms with van der Waals surface area (Å²) in [5.74, 6) is 1.14. The molecule has 31 heavy (non-hydrogen) atoms. The molecule has 0 aliphatic heterocycles. The number of halogens is 3. The summed E-state index contributed by atoms with van der Waals surface area (Å²) < 4.78 is 79.8. The lowest BCUT2D eigenvalue weighted by Crippen LogP contribution is -2.31. The maximum atomic E-state index is 13.1. The van der Waals surface area contributed by atoms with E-state index in [4.69, 9.17) is 9.47 Å². The van der Waals surface area contributed by atoms with Crippen molar-refractivity contribution >= 4 is 10.0 Å². The van der Waals surface area contributed by atoms with E-state index in [0.29, 0.717) is 29.0 Å². The molecule has 1 atom stereocenters. The van der Waals surface area contributed by atoms with Gasteiger partial charge in [-0.05, 0) is 35.9 Å². The first-order valence-electron chi connectivity index (χ1n) is 8.95. The average molecular weight is 455 g/mol. The smallest absolute Gasteiger partial charge is 0.416 e. The predicted octanol–water partition coefficient (Wildman–Crippen LogP) is 3.52. The fraction of sp³-hybridized carbons (Fsp3) is 0.250. The lowest BCUT2D eigenvalue weighted by Gasteiger charge is -2.21. The number of imidazole rings is 1. The molecule has 2 aromatic carbocycles. The van der Waals surface area contributed by atoms with Crippen molar-refractivity contribution < 1.29 is 31.1 Å². The number of ether oxygens (including phenoxy) is 2. The summed E-state index contributed by atoms with van der Waals surface area (Å²) in [6.07, 6.45) is -1.57. The van der Waals surface area contributed by atoms with Crippen LogP contribution in [0, 0.1) is 0 Å². The Balaban J connectivity index is 2.10. The van der Waals surface area contributed by atoms with Crippen LogP contribution in [0.3, 0.4) is 0 Å². The normalized spacial score (nSPS) is 13.1. The van der Waals surface area contributed by atoms with Gasteiger partial charge in [-0.1, -0.05) is 6.07 Å². The molecule has 0 amide bonds. The Bertz CT molecular complexity index is 1150. The number of hydrogen-bond donors (Lipinski definition) is 1. The molecule has 0 saturated heterocycles. The quantitative estimate of drug-likeness (QED) is 0.590. The number of alkyl halides is 3. The first-order chi connectivity index (χ1) is 14.5. The molecule has 0 saturated carbocycles. The third-order valence-corrected chi connectivity index (χ3v) is 5.99. The van der Waals surface area contributed by atoms with Gasteiger partial charge in [0.05, 0.1) is 24.7 Å². The van der Waals surface area contributed by atoms with Gasteiger partial charge in [0, 0.05) is 25.5 Å². The lowest BCUT2D eigenvalue weighted by molar-refractivity contribution is -0.137. The molecular formula is C20H20F3N3O4S. The maximum Gasteiger partial charge on any atom is 0.416 e. The molecule has 3 rings (SSSR count).